The van der Waals surface area contributed by atoms with Gasteiger partial charge in [0, 0.05) is 17.9 Å². The summed E-state index contributed by atoms with van der Waals surface area (Å²) in [5.41, 5.74) is 2.12. The summed E-state index contributed by atoms with van der Waals surface area (Å²) in [6.07, 6.45) is 0.725. The number of hydrogen-bond acceptors (Lipinski definition) is 6. The van der Waals surface area contributed by atoms with Crippen LogP contribution in [0.5, 0.6) is 5.88 Å². The number of carbonyl (C=O) groups excluding carboxylic acids is 1. The van der Waals surface area contributed by atoms with Crippen LogP contribution in [0.25, 0.3) is 0 Å². The fourth-order valence-corrected chi connectivity index (χ4v) is 2.94. The molecule has 1 amide bonds. The predicted octanol–water partition coefficient (Wildman–Crippen LogP) is 3.77. The number of aryl methyl sites for hydroxylation is 1. The van der Waals surface area contributed by atoms with Gasteiger partial charge in [0.25, 0.3) is 5.91 Å². The molecule has 0 bridgehead atoms. The fraction of sp³-hybridized carbons (Fsp3) is 0.176. The van der Waals surface area contributed by atoms with Crippen LogP contribution in [0.3, 0.4) is 0 Å². The Kier molecular flexibility index (Phi) is 5.57. The summed E-state index contributed by atoms with van der Waals surface area (Å²) in [6, 6.07) is 11.4. The molecular weight excluding hydrogens is 360 g/mol. The largest absolute Gasteiger partial charge is 0.477 e. The number of carbonyl (C=O) groups is 1. The SMILES string of the molecule is Cc1csc(NC(=O)c2cc(OCCc3ccccc3)nc(Cl)n2)n1. The third-order valence-corrected chi connectivity index (χ3v) is 4.28. The zero-order valence-electron chi connectivity index (χ0n) is 13.4. The van der Waals surface area contributed by atoms with E-state index in [4.69, 9.17) is 16.3 Å². The molecule has 2 aromatic heterocycles. The number of hydrogen-bond donors (Lipinski definition) is 1. The van der Waals surface area contributed by atoms with Crippen molar-refractivity contribution in [3.05, 3.63) is 64.0 Å². The molecule has 0 saturated carbocycles. The van der Waals surface area contributed by atoms with Gasteiger partial charge in [0.05, 0.1) is 12.3 Å². The summed E-state index contributed by atoms with van der Waals surface area (Å²) in [6.45, 7) is 2.27. The van der Waals surface area contributed by atoms with Crippen LogP contribution >= 0.6 is 22.9 Å². The van der Waals surface area contributed by atoms with Gasteiger partial charge in [-0.25, -0.2) is 9.97 Å². The minimum Gasteiger partial charge on any atom is -0.477 e. The van der Waals surface area contributed by atoms with Gasteiger partial charge in [0.15, 0.2) is 5.13 Å². The summed E-state index contributed by atoms with van der Waals surface area (Å²) >= 11 is 7.24. The van der Waals surface area contributed by atoms with Gasteiger partial charge in [-0.1, -0.05) is 30.3 Å². The third kappa shape index (κ3) is 4.98. The van der Waals surface area contributed by atoms with Crippen molar-refractivity contribution in [3.63, 3.8) is 0 Å². The monoisotopic (exact) mass is 374 g/mol. The van der Waals surface area contributed by atoms with Crippen molar-refractivity contribution in [3.8, 4) is 5.88 Å². The van der Waals surface area contributed by atoms with Crippen molar-refractivity contribution in [1.82, 2.24) is 15.0 Å². The maximum absolute atomic E-state index is 12.3. The van der Waals surface area contributed by atoms with Gasteiger partial charge < -0.3 is 4.74 Å². The highest BCUT2D eigenvalue weighted by molar-refractivity contribution is 7.13. The molecule has 0 fully saturated rings. The molecule has 1 aromatic carbocycles. The van der Waals surface area contributed by atoms with Crippen molar-refractivity contribution >= 4 is 34.0 Å². The second-order valence-electron chi connectivity index (χ2n) is 5.19. The number of halogens is 1. The van der Waals surface area contributed by atoms with Gasteiger partial charge in [0.1, 0.15) is 5.69 Å². The number of rotatable bonds is 6. The Hall–Kier alpha value is -2.51. The number of aromatic nitrogens is 3. The Morgan fingerprint density at radius 3 is 2.76 bits per heavy atom. The van der Waals surface area contributed by atoms with Crippen LogP contribution < -0.4 is 10.1 Å². The minimum absolute atomic E-state index is 0.0438. The van der Waals surface area contributed by atoms with Crippen molar-refractivity contribution in [2.24, 2.45) is 0 Å². The Morgan fingerprint density at radius 2 is 2.04 bits per heavy atom. The highest BCUT2D eigenvalue weighted by Gasteiger charge is 2.13. The molecule has 8 heteroatoms. The molecule has 0 radical (unpaired) electrons. The molecule has 6 nitrogen and oxygen atoms in total. The van der Waals surface area contributed by atoms with Gasteiger partial charge in [0.2, 0.25) is 11.2 Å². The molecule has 25 heavy (non-hydrogen) atoms. The van der Waals surface area contributed by atoms with Crippen LogP contribution in [0.4, 0.5) is 5.13 Å². The number of thiazole rings is 1. The van der Waals surface area contributed by atoms with E-state index < -0.39 is 5.91 Å². The number of benzene rings is 1. The smallest absolute Gasteiger partial charge is 0.276 e. The maximum atomic E-state index is 12.3. The van der Waals surface area contributed by atoms with Crippen LogP contribution in [0.15, 0.2) is 41.8 Å². The molecule has 0 aliphatic carbocycles. The van der Waals surface area contributed by atoms with Crippen LogP contribution in [0.1, 0.15) is 21.7 Å². The van der Waals surface area contributed by atoms with E-state index in [2.05, 4.69) is 20.3 Å². The van der Waals surface area contributed by atoms with Gasteiger partial charge >= 0.3 is 0 Å². The number of nitrogens with one attached hydrogen (secondary N) is 1. The van der Waals surface area contributed by atoms with E-state index >= 15 is 0 Å². The van der Waals surface area contributed by atoms with Crippen molar-refractivity contribution in [1.29, 1.82) is 0 Å². The molecular formula is C17H15ClN4O2S. The first kappa shape index (κ1) is 17.3. The van der Waals surface area contributed by atoms with Crippen molar-refractivity contribution < 1.29 is 9.53 Å². The van der Waals surface area contributed by atoms with E-state index in [1.165, 1.54) is 17.4 Å². The number of nitrogens with zero attached hydrogens (tertiary/aromatic N) is 3. The van der Waals surface area contributed by atoms with E-state index in [1.807, 2.05) is 42.6 Å². The van der Waals surface area contributed by atoms with Gasteiger partial charge in [-0.05, 0) is 24.1 Å². The Balaban J connectivity index is 1.64. The maximum Gasteiger partial charge on any atom is 0.276 e. The molecule has 3 rings (SSSR count). The lowest BCUT2D eigenvalue weighted by atomic mass is 10.2. The first-order valence-electron chi connectivity index (χ1n) is 7.55. The summed E-state index contributed by atoms with van der Waals surface area (Å²) in [5, 5.41) is 4.99. The van der Waals surface area contributed by atoms with E-state index in [1.54, 1.807) is 0 Å². The van der Waals surface area contributed by atoms with Crippen molar-refractivity contribution in [2.45, 2.75) is 13.3 Å². The normalized spacial score (nSPS) is 10.5. The molecule has 0 spiro atoms. The molecule has 0 aliphatic heterocycles. The minimum atomic E-state index is -0.411. The van der Waals surface area contributed by atoms with E-state index in [9.17, 15) is 4.79 Å². The molecule has 1 N–H and O–H groups in total. The van der Waals surface area contributed by atoms with Crippen LogP contribution in [0.2, 0.25) is 5.28 Å². The summed E-state index contributed by atoms with van der Waals surface area (Å²) in [7, 11) is 0. The molecule has 0 unspecified atom stereocenters. The molecule has 2 heterocycles. The lowest BCUT2D eigenvalue weighted by Gasteiger charge is -2.07. The average molecular weight is 375 g/mol. The van der Waals surface area contributed by atoms with Crippen LogP contribution in [-0.2, 0) is 6.42 Å². The Morgan fingerprint density at radius 1 is 1.24 bits per heavy atom. The molecule has 0 atom stereocenters. The van der Waals surface area contributed by atoms with Gasteiger partial charge in [-0.3, -0.25) is 10.1 Å². The fourth-order valence-electron chi connectivity index (χ4n) is 2.08. The molecule has 0 saturated heterocycles. The van der Waals surface area contributed by atoms with Crippen molar-refractivity contribution in [2.75, 3.05) is 11.9 Å². The number of amides is 1. The topological polar surface area (TPSA) is 77.0 Å². The predicted molar refractivity (Wildman–Crippen MR) is 97.5 cm³/mol. The zero-order chi connectivity index (χ0) is 17.6. The average Bonchev–Trinajstić information content (AvgIpc) is 3.00. The van der Waals surface area contributed by atoms with E-state index in [0.29, 0.717) is 11.7 Å². The highest BCUT2D eigenvalue weighted by atomic mass is 35.5. The molecule has 0 aliphatic rings. The van der Waals surface area contributed by atoms with Crippen LogP contribution in [0, 0.1) is 6.92 Å². The Labute approximate surface area is 153 Å². The zero-order valence-corrected chi connectivity index (χ0v) is 15.0. The second kappa shape index (κ2) is 8.04. The molecule has 3 aromatic rings. The van der Waals surface area contributed by atoms with Crippen LogP contribution in [-0.4, -0.2) is 27.5 Å². The first-order valence-corrected chi connectivity index (χ1v) is 8.81. The first-order chi connectivity index (χ1) is 12.1. The van der Waals surface area contributed by atoms with Gasteiger partial charge in [-0.2, -0.15) is 4.98 Å². The van der Waals surface area contributed by atoms with E-state index in [-0.39, 0.29) is 16.9 Å². The summed E-state index contributed by atoms with van der Waals surface area (Å²) in [5.74, 6) is -0.150. The lowest BCUT2D eigenvalue weighted by Crippen LogP contribution is -2.15. The van der Waals surface area contributed by atoms with Gasteiger partial charge in [-0.15, -0.1) is 11.3 Å². The summed E-state index contributed by atoms with van der Waals surface area (Å²) in [4.78, 5) is 24.4. The number of ether oxygens (including phenoxy) is 1. The van der Waals surface area contributed by atoms with E-state index in [0.717, 1.165) is 17.7 Å². The second-order valence-corrected chi connectivity index (χ2v) is 6.39. The molecule has 128 valence electrons. The standard InChI is InChI=1S/C17H15ClN4O2S/c1-11-10-25-17(19-11)22-15(23)13-9-14(21-16(18)20-13)24-8-7-12-5-3-2-4-6-12/h2-6,9-10H,7-8H2,1H3,(H,19,22,23). The summed E-state index contributed by atoms with van der Waals surface area (Å²) < 4.78 is 5.61. The third-order valence-electron chi connectivity index (χ3n) is 3.23. The number of anilines is 1. The highest BCUT2D eigenvalue weighted by Crippen LogP contribution is 2.18. The Bertz CT molecular complexity index is 870. The lowest BCUT2D eigenvalue weighted by molar-refractivity contribution is 0.102. The quantitative estimate of drug-likeness (QED) is 0.664.